The number of non-ortho nitro benzene ring substituents is 1. The van der Waals surface area contributed by atoms with Gasteiger partial charge < -0.3 is 5.32 Å². The van der Waals surface area contributed by atoms with E-state index >= 15 is 0 Å². The molecule has 0 amide bonds. The van der Waals surface area contributed by atoms with Crippen LogP contribution in [-0.4, -0.2) is 28.0 Å². The molecule has 0 radical (unpaired) electrons. The highest BCUT2D eigenvalue weighted by molar-refractivity contribution is 6.09. The summed E-state index contributed by atoms with van der Waals surface area (Å²) in [7, 11) is 0. The third-order valence-electron chi connectivity index (χ3n) is 4.17. The molecule has 0 unspecified atom stereocenters. The number of hydrogen-bond acceptors (Lipinski definition) is 6. The lowest BCUT2D eigenvalue weighted by Gasteiger charge is -2.07. The number of benzene rings is 2. The van der Waals surface area contributed by atoms with Gasteiger partial charge in [0, 0.05) is 59.9 Å². The second-order valence-corrected chi connectivity index (χ2v) is 6.05. The third-order valence-corrected chi connectivity index (χ3v) is 4.17. The van der Waals surface area contributed by atoms with Gasteiger partial charge in [-0.2, -0.15) is 0 Å². The Kier molecular flexibility index (Phi) is 5.86. The molecule has 3 aromatic rings. The van der Waals surface area contributed by atoms with E-state index < -0.39 is 4.92 Å². The molecule has 140 valence electrons. The van der Waals surface area contributed by atoms with Crippen LogP contribution in [0.5, 0.6) is 0 Å². The van der Waals surface area contributed by atoms with Crippen molar-refractivity contribution in [1.29, 1.82) is 0 Å². The molecule has 2 aromatic carbocycles. The first-order chi connectivity index (χ1) is 13.5. The number of nitro groups is 1. The van der Waals surface area contributed by atoms with Gasteiger partial charge in [-0.15, -0.1) is 0 Å². The molecule has 7 heteroatoms. The summed E-state index contributed by atoms with van der Waals surface area (Å²) >= 11 is 0. The van der Waals surface area contributed by atoms with Crippen molar-refractivity contribution < 1.29 is 14.5 Å². The van der Waals surface area contributed by atoms with E-state index in [1.54, 1.807) is 48.8 Å². The van der Waals surface area contributed by atoms with Gasteiger partial charge >= 0.3 is 0 Å². The van der Waals surface area contributed by atoms with Crippen LogP contribution in [-0.2, 0) is 0 Å². The standard InChI is InChI=1S/C21H17N3O4/c25-20(15-3-7-19(8-4-15)24(27)28)11-14-23-18-5-1-16(2-6-18)21(26)17-9-12-22-13-10-17/h1-10,12-13,23H,11,14H2. The number of carbonyl (C=O) groups is 2. The molecule has 7 nitrogen and oxygen atoms in total. The van der Waals surface area contributed by atoms with Crippen LogP contribution in [0.15, 0.2) is 73.1 Å². The molecule has 0 bridgehead atoms. The molecule has 0 atom stereocenters. The molecule has 0 aliphatic rings. The Hall–Kier alpha value is -3.87. The van der Waals surface area contributed by atoms with Crippen molar-refractivity contribution in [2.45, 2.75) is 6.42 Å². The zero-order valence-corrected chi connectivity index (χ0v) is 14.9. The summed E-state index contributed by atoms with van der Waals surface area (Å²) in [6.45, 7) is 0.410. The Bertz CT molecular complexity index is 984. The van der Waals surface area contributed by atoms with Crippen molar-refractivity contribution in [2.75, 3.05) is 11.9 Å². The lowest BCUT2D eigenvalue weighted by atomic mass is 10.0. The Morgan fingerprint density at radius 1 is 0.857 bits per heavy atom. The number of rotatable bonds is 8. The van der Waals surface area contributed by atoms with Gasteiger partial charge in [0.2, 0.25) is 0 Å². The van der Waals surface area contributed by atoms with Crippen molar-refractivity contribution in [3.63, 3.8) is 0 Å². The summed E-state index contributed by atoms with van der Waals surface area (Å²) in [4.78, 5) is 38.5. The minimum atomic E-state index is -0.501. The monoisotopic (exact) mass is 375 g/mol. The van der Waals surface area contributed by atoms with Gasteiger partial charge in [0.15, 0.2) is 11.6 Å². The predicted molar refractivity (Wildman–Crippen MR) is 105 cm³/mol. The highest BCUT2D eigenvalue weighted by atomic mass is 16.6. The molecule has 1 aromatic heterocycles. The quantitative estimate of drug-likeness (QED) is 0.364. The largest absolute Gasteiger partial charge is 0.385 e. The molecule has 28 heavy (non-hydrogen) atoms. The zero-order valence-electron chi connectivity index (χ0n) is 14.9. The second-order valence-electron chi connectivity index (χ2n) is 6.05. The first kappa shape index (κ1) is 18.9. The van der Waals surface area contributed by atoms with Gasteiger partial charge in [0.25, 0.3) is 5.69 Å². The molecule has 0 fully saturated rings. The number of hydrogen-bond donors (Lipinski definition) is 1. The van der Waals surface area contributed by atoms with Crippen LogP contribution >= 0.6 is 0 Å². The molecular formula is C21H17N3O4. The lowest BCUT2D eigenvalue weighted by molar-refractivity contribution is -0.384. The lowest BCUT2D eigenvalue weighted by Crippen LogP contribution is -2.09. The van der Waals surface area contributed by atoms with Gasteiger partial charge in [0.1, 0.15) is 0 Å². The number of aromatic nitrogens is 1. The summed E-state index contributed by atoms with van der Waals surface area (Å²) in [6.07, 6.45) is 3.39. The molecule has 0 saturated carbocycles. The highest BCUT2D eigenvalue weighted by Crippen LogP contribution is 2.15. The highest BCUT2D eigenvalue weighted by Gasteiger charge is 2.10. The molecule has 0 saturated heterocycles. The molecule has 1 N–H and O–H groups in total. The van der Waals surface area contributed by atoms with Gasteiger partial charge in [0.05, 0.1) is 4.92 Å². The smallest absolute Gasteiger partial charge is 0.269 e. The number of nitro benzene ring substituents is 1. The first-order valence-corrected chi connectivity index (χ1v) is 8.61. The maximum absolute atomic E-state index is 12.3. The summed E-state index contributed by atoms with van der Waals surface area (Å²) in [5.41, 5.74) is 2.33. The minimum Gasteiger partial charge on any atom is -0.385 e. The number of Topliss-reactive ketones (excluding diaryl/α,β-unsaturated/α-hetero) is 1. The van der Waals surface area contributed by atoms with E-state index in [2.05, 4.69) is 10.3 Å². The number of carbonyl (C=O) groups excluding carboxylic acids is 2. The van der Waals surface area contributed by atoms with Gasteiger partial charge in [-0.05, 0) is 48.5 Å². The molecule has 0 spiro atoms. The second kappa shape index (κ2) is 8.68. The summed E-state index contributed by atoms with van der Waals surface area (Å²) < 4.78 is 0. The number of anilines is 1. The van der Waals surface area contributed by atoms with Crippen molar-refractivity contribution in [1.82, 2.24) is 4.98 Å². The van der Waals surface area contributed by atoms with E-state index in [4.69, 9.17) is 0 Å². The van der Waals surface area contributed by atoms with E-state index in [-0.39, 0.29) is 23.7 Å². The fraction of sp³-hybridized carbons (Fsp3) is 0.0952. The molecule has 0 aliphatic carbocycles. The third kappa shape index (κ3) is 4.64. The van der Waals surface area contributed by atoms with Crippen LogP contribution in [0.1, 0.15) is 32.7 Å². The Labute approximate surface area is 161 Å². The average molecular weight is 375 g/mol. The molecular weight excluding hydrogens is 358 g/mol. The van der Waals surface area contributed by atoms with Gasteiger partial charge in [-0.3, -0.25) is 24.7 Å². The average Bonchev–Trinajstić information content (AvgIpc) is 2.74. The van der Waals surface area contributed by atoms with Crippen molar-refractivity contribution >= 4 is 22.9 Å². The molecule has 0 aliphatic heterocycles. The first-order valence-electron chi connectivity index (χ1n) is 8.61. The van der Waals surface area contributed by atoms with Crippen LogP contribution in [0, 0.1) is 10.1 Å². The molecule has 1 heterocycles. The van der Waals surface area contributed by atoms with E-state index in [9.17, 15) is 19.7 Å². The Morgan fingerprint density at radius 3 is 2.04 bits per heavy atom. The summed E-state index contributed by atoms with van der Waals surface area (Å²) in [5, 5.41) is 13.8. The maximum atomic E-state index is 12.3. The van der Waals surface area contributed by atoms with E-state index in [0.717, 1.165) is 5.69 Å². The zero-order chi connectivity index (χ0) is 19.9. The SMILES string of the molecule is O=C(CCNc1ccc(C(=O)c2ccncc2)cc1)c1ccc([N+](=O)[O-])cc1. The number of pyridine rings is 1. The number of nitrogens with zero attached hydrogens (tertiary/aromatic N) is 2. The molecule has 3 rings (SSSR count). The summed E-state index contributed by atoms with van der Waals surface area (Å²) in [5.74, 6) is -0.186. The van der Waals surface area contributed by atoms with Crippen LogP contribution in [0.3, 0.4) is 0 Å². The van der Waals surface area contributed by atoms with Gasteiger partial charge in [-0.25, -0.2) is 0 Å². The fourth-order valence-corrected chi connectivity index (χ4v) is 2.64. The van der Waals surface area contributed by atoms with Crippen molar-refractivity contribution in [3.05, 3.63) is 99.9 Å². The van der Waals surface area contributed by atoms with Crippen LogP contribution < -0.4 is 5.32 Å². The Balaban J connectivity index is 1.53. The van der Waals surface area contributed by atoms with Gasteiger partial charge in [-0.1, -0.05) is 0 Å². The number of ketones is 2. The van der Waals surface area contributed by atoms with E-state index in [1.165, 1.54) is 24.3 Å². The topological polar surface area (TPSA) is 102 Å². The maximum Gasteiger partial charge on any atom is 0.269 e. The van der Waals surface area contributed by atoms with Crippen molar-refractivity contribution in [2.24, 2.45) is 0 Å². The Morgan fingerprint density at radius 2 is 1.43 bits per heavy atom. The van der Waals surface area contributed by atoms with E-state index in [1.807, 2.05) is 0 Å². The van der Waals surface area contributed by atoms with Crippen LogP contribution in [0.2, 0.25) is 0 Å². The van der Waals surface area contributed by atoms with E-state index in [0.29, 0.717) is 23.2 Å². The van der Waals surface area contributed by atoms with Crippen LogP contribution in [0.4, 0.5) is 11.4 Å². The number of nitrogens with one attached hydrogen (secondary N) is 1. The summed E-state index contributed by atoms with van der Waals surface area (Å²) in [6, 6.07) is 15.9. The predicted octanol–water partition coefficient (Wildman–Crippen LogP) is 3.91. The van der Waals surface area contributed by atoms with Crippen molar-refractivity contribution in [3.8, 4) is 0 Å². The normalized spacial score (nSPS) is 10.3. The fourth-order valence-electron chi connectivity index (χ4n) is 2.64. The van der Waals surface area contributed by atoms with Crippen LogP contribution in [0.25, 0.3) is 0 Å². The minimum absolute atomic E-state index is 0.0453.